The fraction of sp³-hybridized carbons (Fsp3) is 0.714. The van der Waals surface area contributed by atoms with Gasteiger partial charge in [-0.15, -0.1) is 0 Å². The molecule has 0 radical (unpaired) electrons. The molecule has 0 saturated carbocycles. The van der Waals surface area contributed by atoms with Crippen LogP contribution in [0.15, 0.2) is 12.3 Å². The van der Waals surface area contributed by atoms with E-state index < -0.39 is 0 Å². The molecule has 1 unspecified atom stereocenters. The summed E-state index contributed by atoms with van der Waals surface area (Å²) in [6.07, 6.45) is 2.34. The number of hydrogen-bond donors (Lipinski definition) is 2. The summed E-state index contributed by atoms with van der Waals surface area (Å²) < 4.78 is 1.68. The van der Waals surface area contributed by atoms with E-state index >= 15 is 0 Å². The van der Waals surface area contributed by atoms with Crippen LogP contribution in [0.25, 0.3) is 0 Å². The van der Waals surface area contributed by atoms with Gasteiger partial charge in [0.25, 0.3) is 5.91 Å². The van der Waals surface area contributed by atoms with E-state index in [2.05, 4.69) is 31.2 Å². The Labute approximate surface area is 115 Å². The third-order valence-corrected chi connectivity index (χ3v) is 2.81. The van der Waals surface area contributed by atoms with E-state index in [4.69, 9.17) is 0 Å². The Morgan fingerprint density at radius 3 is 2.58 bits per heavy atom. The Balaban J connectivity index is 2.75. The van der Waals surface area contributed by atoms with Gasteiger partial charge in [0.15, 0.2) is 0 Å². The molecule has 0 bridgehead atoms. The van der Waals surface area contributed by atoms with E-state index in [1.165, 1.54) is 0 Å². The third kappa shape index (κ3) is 4.67. The first-order valence-corrected chi connectivity index (χ1v) is 6.70. The molecular weight excluding hydrogens is 242 g/mol. The lowest BCUT2D eigenvalue weighted by molar-refractivity contribution is 0.0885. The topological polar surface area (TPSA) is 67.2 Å². The quantitative estimate of drug-likeness (QED) is 0.857. The zero-order chi connectivity index (χ0) is 14.6. The van der Waals surface area contributed by atoms with Crippen LogP contribution >= 0.6 is 0 Å². The van der Waals surface area contributed by atoms with Crippen molar-refractivity contribution in [3.05, 3.63) is 18.0 Å². The normalized spacial score (nSPS) is 13.6. The van der Waals surface area contributed by atoms with Gasteiger partial charge in [-0.2, -0.15) is 5.10 Å². The summed E-state index contributed by atoms with van der Waals surface area (Å²) in [4.78, 5) is 12.2. The Kier molecular flexibility index (Phi) is 5.11. The van der Waals surface area contributed by atoms with Crippen molar-refractivity contribution >= 4 is 5.91 Å². The Bertz CT molecular complexity index is 419. The van der Waals surface area contributed by atoms with Crippen LogP contribution in [-0.2, 0) is 0 Å². The van der Waals surface area contributed by atoms with Gasteiger partial charge >= 0.3 is 0 Å². The lowest BCUT2D eigenvalue weighted by atomic mass is 9.88. The Morgan fingerprint density at radius 1 is 1.47 bits per heavy atom. The molecule has 0 aliphatic rings. The largest absolute Gasteiger partial charge is 0.394 e. The van der Waals surface area contributed by atoms with Crippen LogP contribution in [0, 0.1) is 5.41 Å². The summed E-state index contributed by atoms with van der Waals surface area (Å²) in [7, 11) is 0. The van der Waals surface area contributed by atoms with Gasteiger partial charge in [0.05, 0.1) is 12.6 Å². The predicted octanol–water partition coefficient (Wildman–Crippen LogP) is 1.99. The molecule has 0 aromatic carbocycles. The van der Waals surface area contributed by atoms with Crippen LogP contribution in [0.3, 0.4) is 0 Å². The highest BCUT2D eigenvalue weighted by Gasteiger charge is 2.22. The second-order valence-electron chi connectivity index (χ2n) is 6.37. The molecule has 1 atom stereocenters. The van der Waals surface area contributed by atoms with E-state index in [1.54, 1.807) is 16.9 Å². The molecule has 0 saturated heterocycles. The number of rotatable bonds is 5. The summed E-state index contributed by atoms with van der Waals surface area (Å²) in [6.45, 7) is 10.1. The number of nitrogens with zero attached hydrogens (tertiary/aromatic N) is 2. The summed E-state index contributed by atoms with van der Waals surface area (Å²) in [6, 6.07) is 1.59. The molecule has 5 nitrogen and oxygen atoms in total. The number of amides is 1. The maximum absolute atomic E-state index is 12.2. The van der Waals surface area contributed by atoms with Gasteiger partial charge in [0.1, 0.15) is 5.69 Å². The molecule has 0 spiro atoms. The number of aliphatic hydroxyl groups excluding tert-OH is 1. The molecule has 19 heavy (non-hydrogen) atoms. The number of hydrogen-bond acceptors (Lipinski definition) is 3. The smallest absolute Gasteiger partial charge is 0.269 e. The van der Waals surface area contributed by atoms with Crippen molar-refractivity contribution in [3.8, 4) is 0 Å². The van der Waals surface area contributed by atoms with Crippen LogP contribution < -0.4 is 5.32 Å². The van der Waals surface area contributed by atoms with E-state index in [0.717, 1.165) is 6.42 Å². The number of aliphatic hydroxyl groups is 1. The van der Waals surface area contributed by atoms with Crippen LogP contribution in [0.2, 0.25) is 0 Å². The first kappa shape index (κ1) is 15.7. The molecule has 0 fully saturated rings. The van der Waals surface area contributed by atoms with Crippen molar-refractivity contribution in [2.24, 2.45) is 5.41 Å². The molecule has 2 N–H and O–H groups in total. The summed E-state index contributed by atoms with van der Waals surface area (Å²) in [5, 5.41) is 16.4. The van der Waals surface area contributed by atoms with E-state index in [1.807, 2.05) is 13.8 Å². The zero-order valence-electron chi connectivity index (χ0n) is 12.5. The predicted molar refractivity (Wildman–Crippen MR) is 75.0 cm³/mol. The summed E-state index contributed by atoms with van der Waals surface area (Å²) in [5.41, 5.74) is 0.584. The van der Waals surface area contributed by atoms with Gasteiger partial charge in [0.2, 0.25) is 0 Å². The lowest BCUT2D eigenvalue weighted by Crippen LogP contribution is -2.40. The van der Waals surface area contributed by atoms with Crippen LogP contribution in [0.1, 0.15) is 57.6 Å². The third-order valence-electron chi connectivity index (χ3n) is 2.81. The van der Waals surface area contributed by atoms with E-state index in [9.17, 15) is 9.90 Å². The second-order valence-corrected chi connectivity index (χ2v) is 6.37. The molecule has 1 amide bonds. The van der Waals surface area contributed by atoms with Crippen molar-refractivity contribution in [2.45, 2.75) is 53.1 Å². The monoisotopic (exact) mass is 267 g/mol. The van der Waals surface area contributed by atoms with E-state index in [-0.39, 0.29) is 30.0 Å². The van der Waals surface area contributed by atoms with Crippen molar-refractivity contribution in [3.63, 3.8) is 0 Å². The summed E-state index contributed by atoms with van der Waals surface area (Å²) >= 11 is 0. The minimum atomic E-state index is -0.233. The van der Waals surface area contributed by atoms with Gasteiger partial charge < -0.3 is 10.4 Å². The van der Waals surface area contributed by atoms with Gasteiger partial charge in [-0.3, -0.25) is 9.48 Å². The van der Waals surface area contributed by atoms with Gasteiger partial charge in [-0.05, 0) is 31.7 Å². The molecule has 1 aromatic heterocycles. The molecule has 1 heterocycles. The Morgan fingerprint density at radius 2 is 2.11 bits per heavy atom. The van der Waals surface area contributed by atoms with Gasteiger partial charge in [-0.25, -0.2) is 0 Å². The van der Waals surface area contributed by atoms with Crippen molar-refractivity contribution in [1.29, 1.82) is 0 Å². The summed E-state index contributed by atoms with van der Waals surface area (Å²) in [5.74, 6) is -0.186. The lowest BCUT2D eigenvalue weighted by Gasteiger charge is -2.25. The molecule has 5 heteroatoms. The van der Waals surface area contributed by atoms with Crippen LogP contribution in [0.5, 0.6) is 0 Å². The van der Waals surface area contributed by atoms with Crippen LogP contribution in [-0.4, -0.2) is 33.4 Å². The highest BCUT2D eigenvalue weighted by Crippen LogP contribution is 2.21. The van der Waals surface area contributed by atoms with Gasteiger partial charge in [-0.1, -0.05) is 20.8 Å². The molecule has 1 rings (SSSR count). The SMILES string of the molecule is CC(C)n1nccc1C(=O)NC(CO)CC(C)(C)C. The number of carbonyl (C=O) groups is 1. The average Bonchev–Trinajstić information content (AvgIpc) is 2.74. The highest BCUT2D eigenvalue weighted by atomic mass is 16.3. The maximum atomic E-state index is 12.2. The van der Waals surface area contributed by atoms with E-state index in [0.29, 0.717) is 5.69 Å². The van der Waals surface area contributed by atoms with Crippen molar-refractivity contribution in [1.82, 2.24) is 15.1 Å². The number of nitrogens with one attached hydrogen (secondary N) is 1. The fourth-order valence-electron chi connectivity index (χ4n) is 2.07. The molecule has 108 valence electrons. The standard InChI is InChI=1S/C14H25N3O2/c1-10(2)17-12(6-7-15-17)13(19)16-11(9-18)8-14(3,4)5/h6-7,10-11,18H,8-9H2,1-5H3,(H,16,19). The maximum Gasteiger partial charge on any atom is 0.269 e. The number of aromatic nitrogens is 2. The molecule has 1 aromatic rings. The Hall–Kier alpha value is -1.36. The zero-order valence-corrected chi connectivity index (χ0v) is 12.5. The number of carbonyl (C=O) groups excluding carboxylic acids is 1. The van der Waals surface area contributed by atoms with Gasteiger partial charge in [0, 0.05) is 12.2 Å². The average molecular weight is 267 g/mol. The minimum Gasteiger partial charge on any atom is -0.394 e. The molecular formula is C14H25N3O2. The van der Waals surface area contributed by atoms with Crippen molar-refractivity contribution in [2.75, 3.05) is 6.61 Å². The second kappa shape index (κ2) is 6.19. The highest BCUT2D eigenvalue weighted by molar-refractivity contribution is 5.92. The first-order valence-electron chi connectivity index (χ1n) is 6.70. The molecule has 0 aliphatic carbocycles. The fourth-order valence-corrected chi connectivity index (χ4v) is 2.07. The minimum absolute atomic E-state index is 0.0545. The molecule has 0 aliphatic heterocycles. The van der Waals surface area contributed by atoms with Crippen LogP contribution in [0.4, 0.5) is 0 Å². The first-order chi connectivity index (χ1) is 8.74. The van der Waals surface area contributed by atoms with Crippen molar-refractivity contribution < 1.29 is 9.90 Å².